The Morgan fingerprint density at radius 3 is 2.65 bits per heavy atom. The molecule has 4 N–H and O–H groups in total. The fourth-order valence-electron chi connectivity index (χ4n) is 3.16. The number of thiophene rings is 1. The van der Waals surface area contributed by atoms with Crippen molar-refractivity contribution in [2.75, 3.05) is 10.6 Å². The Balaban J connectivity index is 1.34. The first-order chi connectivity index (χ1) is 16.6. The molecule has 0 aliphatic carbocycles. The third kappa shape index (κ3) is 4.38. The fraction of sp³-hybridized carbons (Fsp3) is 0. The zero-order valence-corrected chi connectivity index (χ0v) is 18.2. The number of anilines is 3. The smallest absolute Gasteiger partial charge is 0.399 e. The number of ether oxygens (including phenoxy) is 1. The summed E-state index contributed by atoms with van der Waals surface area (Å²) in [6.45, 7) is 0. The molecule has 168 valence electrons. The molecule has 34 heavy (non-hydrogen) atoms. The highest BCUT2D eigenvalue weighted by Gasteiger charge is 2.14. The van der Waals surface area contributed by atoms with Crippen LogP contribution in [0.4, 0.5) is 22.1 Å². The molecule has 4 aromatic heterocycles. The van der Waals surface area contributed by atoms with Crippen LogP contribution in [0, 0.1) is 0 Å². The maximum absolute atomic E-state index is 12.3. The van der Waals surface area contributed by atoms with Crippen LogP contribution in [-0.2, 0) is 0 Å². The van der Waals surface area contributed by atoms with E-state index in [2.05, 4.69) is 30.7 Å². The molecule has 0 saturated heterocycles. The van der Waals surface area contributed by atoms with Gasteiger partial charge in [-0.1, -0.05) is 18.2 Å². The van der Waals surface area contributed by atoms with Crippen molar-refractivity contribution in [3.8, 4) is 16.3 Å². The number of nitrogens with zero attached hydrogens (tertiary/aromatic N) is 5. The number of fused-ring (bicyclic) bond motifs is 1. The number of hydrogen-bond acceptors (Lipinski definition) is 9. The Hall–Kier alpha value is -4.84. The summed E-state index contributed by atoms with van der Waals surface area (Å²) in [7, 11) is 0. The predicted octanol–water partition coefficient (Wildman–Crippen LogP) is 3.70. The van der Waals surface area contributed by atoms with Gasteiger partial charge in [0.15, 0.2) is 16.5 Å². The van der Waals surface area contributed by atoms with Crippen molar-refractivity contribution in [3.05, 3.63) is 78.2 Å². The SMILES string of the molecule is NC(=O)Oc1cc(-c2cnc(Nc3ccc(NC(=O)c4ccccc4)nc3)c3ncnn23)cs1. The second-order valence-corrected chi connectivity index (χ2v) is 7.81. The van der Waals surface area contributed by atoms with Crippen LogP contribution < -0.4 is 21.1 Å². The predicted molar refractivity (Wildman–Crippen MR) is 126 cm³/mol. The van der Waals surface area contributed by atoms with E-state index in [1.54, 1.807) is 64.8 Å². The summed E-state index contributed by atoms with van der Waals surface area (Å²) in [6, 6.07) is 14.0. The molecule has 0 radical (unpaired) electrons. The van der Waals surface area contributed by atoms with Crippen molar-refractivity contribution in [3.63, 3.8) is 0 Å². The molecule has 0 fully saturated rings. The monoisotopic (exact) mass is 472 g/mol. The summed E-state index contributed by atoms with van der Waals surface area (Å²) in [5.74, 6) is 0.642. The molecular formula is C22H16N8O3S. The second-order valence-electron chi connectivity index (χ2n) is 6.94. The number of nitrogens with two attached hydrogens (primary N) is 1. The van der Waals surface area contributed by atoms with Gasteiger partial charge in [-0.3, -0.25) is 4.79 Å². The highest BCUT2D eigenvalue weighted by Crippen LogP contribution is 2.31. The average Bonchev–Trinajstić information content (AvgIpc) is 3.51. The first kappa shape index (κ1) is 21.0. The number of carbonyl (C=O) groups excluding carboxylic acids is 2. The van der Waals surface area contributed by atoms with Gasteiger partial charge in [-0.05, 0) is 24.3 Å². The summed E-state index contributed by atoms with van der Waals surface area (Å²) >= 11 is 1.23. The Morgan fingerprint density at radius 1 is 1.03 bits per heavy atom. The number of amides is 2. The molecule has 12 heteroatoms. The molecule has 4 heterocycles. The van der Waals surface area contributed by atoms with Crippen molar-refractivity contribution in [2.45, 2.75) is 0 Å². The molecule has 0 spiro atoms. The Kier molecular flexibility index (Phi) is 5.54. The van der Waals surface area contributed by atoms with Crippen LogP contribution in [0.3, 0.4) is 0 Å². The number of carbonyl (C=O) groups is 2. The quantitative estimate of drug-likeness (QED) is 0.339. The summed E-state index contributed by atoms with van der Waals surface area (Å²) in [5, 5.41) is 12.4. The minimum atomic E-state index is -0.878. The lowest BCUT2D eigenvalue weighted by atomic mass is 10.2. The maximum Gasteiger partial charge on any atom is 0.410 e. The van der Waals surface area contributed by atoms with E-state index in [9.17, 15) is 9.59 Å². The molecular weight excluding hydrogens is 456 g/mol. The Morgan fingerprint density at radius 2 is 1.88 bits per heavy atom. The van der Waals surface area contributed by atoms with Gasteiger partial charge in [0.2, 0.25) is 0 Å². The van der Waals surface area contributed by atoms with Gasteiger partial charge in [-0.15, -0.1) is 11.3 Å². The van der Waals surface area contributed by atoms with Crippen molar-refractivity contribution in [2.24, 2.45) is 5.73 Å². The largest absolute Gasteiger partial charge is 0.410 e. The average molecular weight is 472 g/mol. The van der Waals surface area contributed by atoms with Crippen molar-refractivity contribution in [1.29, 1.82) is 0 Å². The number of rotatable bonds is 6. The number of nitrogens with one attached hydrogen (secondary N) is 2. The van der Waals surface area contributed by atoms with Crippen LogP contribution in [0.5, 0.6) is 5.06 Å². The third-order valence-corrected chi connectivity index (χ3v) is 5.49. The van der Waals surface area contributed by atoms with Crippen molar-refractivity contribution in [1.82, 2.24) is 24.6 Å². The molecule has 5 aromatic rings. The van der Waals surface area contributed by atoms with E-state index in [-0.39, 0.29) is 5.91 Å². The lowest BCUT2D eigenvalue weighted by molar-refractivity contribution is 0.102. The lowest BCUT2D eigenvalue weighted by Gasteiger charge is -2.09. The molecule has 0 aliphatic rings. The van der Waals surface area contributed by atoms with Crippen LogP contribution in [0.2, 0.25) is 0 Å². The number of benzene rings is 1. The highest BCUT2D eigenvalue weighted by molar-refractivity contribution is 7.12. The summed E-state index contributed by atoms with van der Waals surface area (Å²) < 4.78 is 6.54. The minimum Gasteiger partial charge on any atom is -0.399 e. The van der Waals surface area contributed by atoms with E-state index in [4.69, 9.17) is 10.5 Å². The molecule has 1 aromatic carbocycles. The van der Waals surface area contributed by atoms with Gasteiger partial charge in [0, 0.05) is 22.6 Å². The topological polar surface area (TPSA) is 149 Å². The molecule has 11 nitrogen and oxygen atoms in total. The van der Waals surface area contributed by atoms with Gasteiger partial charge in [0.1, 0.15) is 12.1 Å². The molecule has 0 aliphatic heterocycles. The molecule has 0 bridgehead atoms. The Labute approximate surface area is 196 Å². The van der Waals surface area contributed by atoms with Gasteiger partial charge < -0.3 is 21.1 Å². The molecule has 5 rings (SSSR count). The second kappa shape index (κ2) is 8.96. The van der Waals surface area contributed by atoms with Crippen LogP contribution in [0.15, 0.2) is 72.6 Å². The molecule has 0 unspecified atom stereocenters. The van der Waals surface area contributed by atoms with Crippen molar-refractivity contribution >= 4 is 46.3 Å². The summed E-state index contributed by atoms with van der Waals surface area (Å²) in [5.41, 5.74) is 8.16. The Bertz CT molecular complexity index is 1480. The van der Waals surface area contributed by atoms with Crippen LogP contribution in [0.1, 0.15) is 10.4 Å². The minimum absolute atomic E-state index is 0.242. The van der Waals surface area contributed by atoms with Crippen LogP contribution in [0.25, 0.3) is 16.9 Å². The summed E-state index contributed by atoms with van der Waals surface area (Å²) in [6.07, 6.45) is 3.74. The molecule has 0 saturated carbocycles. The number of primary amides is 1. The standard InChI is InChI=1S/C22H16N8O3S/c23-22(32)33-18-8-14(11-34-18)16-10-25-19(20-26-12-27-30(16)20)28-15-6-7-17(24-9-15)29-21(31)13-4-2-1-3-5-13/h1-12H,(H2,23,32)(H,25,28)(H,24,29,31). The number of pyridine rings is 1. The normalized spacial score (nSPS) is 10.7. The van der Waals surface area contributed by atoms with E-state index < -0.39 is 6.09 Å². The van der Waals surface area contributed by atoms with E-state index in [0.717, 1.165) is 5.56 Å². The molecule has 2 amide bonds. The van der Waals surface area contributed by atoms with Crippen molar-refractivity contribution < 1.29 is 14.3 Å². The number of aromatic nitrogens is 5. The molecule has 0 atom stereocenters. The fourth-order valence-corrected chi connectivity index (χ4v) is 3.92. The van der Waals surface area contributed by atoms with E-state index in [1.165, 1.54) is 17.7 Å². The highest BCUT2D eigenvalue weighted by atomic mass is 32.1. The lowest BCUT2D eigenvalue weighted by Crippen LogP contribution is -2.15. The van der Waals surface area contributed by atoms with Gasteiger partial charge in [0.05, 0.1) is 23.8 Å². The van der Waals surface area contributed by atoms with Gasteiger partial charge in [-0.2, -0.15) is 5.10 Å². The van der Waals surface area contributed by atoms with E-state index in [0.29, 0.717) is 39.3 Å². The first-order valence-corrected chi connectivity index (χ1v) is 10.8. The van der Waals surface area contributed by atoms with E-state index in [1.807, 2.05) is 6.07 Å². The van der Waals surface area contributed by atoms with Gasteiger partial charge in [-0.25, -0.2) is 24.3 Å². The zero-order chi connectivity index (χ0) is 23.5. The van der Waals surface area contributed by atoms with Crippen LogP contribution in [-0.4, -0.2) is 36.6 Å². The van der Waals surface area contributed by atoms with Gasteiger partial charge >= 0.3 is 6.09 Å². The third-order valence-electron chi connectivity index (χ3n) is 4.68. The zero-order valence-electron chi connectivity index (χ0n) is 17.4. The van der Waals surface area contributed by atoms with Gasteiger partial charge in [0.25, 0.3) is 5.91 Å². The maximum atomic E-state index is 12.3. The number of hydrogen-bond donors (Lipinski definition) is 3. The summed E-state index contributed by atoms with van der Waals surface area (Å²) in [4.78, 5) is 36.3. The van der Waals surface area contributed by atoms with E-state index >= 15 is 0 Å². The first-order valence-electron chi connectivity index (χ1n) is 9.91. The van der Waals surface area contributed by atoms with Crippen LogP contribution >= 0.6 is 11.3 Å².